The van der Waals surface area contributed by atoms with Gasteiger partial charge in [-0.1, -0.05) is 12.1 Å². The third-order valence-electron chi connectivity index (χ3n) is 2.55. The van der Waals surface area contributed by atoms with E-state index >= 15 is 0 Å². The highest BCUT2D eigenvalue weighted by Crippen LogP contribution is 2.26. The maximum absolute atomic E-state index is 13.7. The van der Waals surface area contributed by atoms with Crippen molar-refractivity contribution in [1.82, 2.24) is 4.57 Å². The Bertz CT molecular complexity index is 557. The van der Waals surface area contributed by atoms with E-state index in [9.17, 15) is 9.18 Å². The largest absolute Gasteiger partial charge is 0.477 e. The van der Waals surface area contributed by atoms with Gasteiger partial charge in [-0.3, -0.25) is 0 Å². The molecular formula is C12H12FNO2. The van der Waals surface area contributed by atoms with E-state index in [1.807, 2.05) is 13.8 Å². The summed E-state index contributed by atoms with van der Waals surface area (Å²) in [5.74, 6) is -1.43. The number of halogens is 1. The molecule has 0 aliphatic carbocycles. The van der Waals surface area contributed by atoms with Crippen LogP contribution in [-0.2, 0) is 0 Å². The van der Waals surface area contributed by atoms with Crippen molar-refractivity contribution in [2.24, 2.45) is 0 Å². The molecule has 0 aliphatic rings. The molecule has 0 bridgehead atoms. The molecule has 1 aromatic heterocycles. The molecule has 1 heterocycles. The van der Waals surface area contributed by atoms with Crippen molar-refractivity contribution >= 4 is 16.9 Å². The fraction of sp³-hybridized carbons (Fsp3) is 0.250. The number of hydrogen-bond donors (Lipinski definition) is 1. The van der Waals surface area contributed by atoms with E-state index in [2.05, 4.69) is 0 Å². The number of carboxylic acids is 1. The molecule has 4 heteroatoms. The summed E-state index contributed by atoms with van der Waals surface area (Å²) in [5.41, 5.74) is 0.477. The Hall–Kier alpha value is -1.84. The summed E-state index contributed by atoms with van der Waals surface area (Å²) in [7, 11) is 0. The van der Waals surface area contributed by atoms with Crippen LogP contribution in [0, 0.1) is 5.82 Å². The van der Waals surface area contributed by atoms with Gasteiger partial charge in [-0.25, -0.2) is 9.18 Å². The Morgan fingerprint density at radius 2 is 2.12 bits per heavy atom. The topological polar surface area (TPSA) is 42.2 Å². The van der Waals surface area contributed by atoms with Gasteiger partial charge < -0.3 is 9.67 Å². The number of benzene rings is 1. The van der Waals surface area contributed by atoms with Gasteiger partial charge in [0.05, 0.1) is 5.52 Å². The number of carboxylic acid groups (broad SMARTS) is 1. The second-order valence-electron chi connectivity index (χ2n) is 3.98. The zero-order valence-electron chi connectivity index (χ0n) is 9.07. The van der Waals surface area contributed by atoms with Gasteiger partial charge in [-0.05, 0) is 26.0 Å². The first-order valence-electron chi connectivity index (χ1n) is 5.05. The number of carbonyl (C=O) groups is 1. The third-order valence-corrected chi connectivity index (χ3v) is 2.55. The maximum Gasteiger partial charge on any atom is 0.352 e. The quantitative estimate of drug-likeness (QED) is 0.846. The average molecular weight is 221 g/mol. The van der Waals surface area contributed by atoms with E-state index in [4.69, 9.17) is 5.11 Å². The number of rotatable bonds is 2. The molecule has 16 heavy (non-hydrogen) atoms. The van der Waals surface area contributed by atoms with Crippen molar-refractivity contribution in [2.45, 2.75) is 19.9 Å². The number of hydrogen-bond acceptors (Lipinski definition) is 1. The predicted molar refractivity (Wildman–Crippen MR) is 59.2 cm³/mol. The smallest absolute Gasteiger partial charge is 0.352 e. The second-order valence-corrected chi connectivity index (χ2v) is 3.98. The Morgan fingerprint density at radius 3 is 2.69 bits per heavy atom. The molecule has 0 aliphatic heterocycles. The van der Waals surface area contributed by atoms with E-state index in [1.54, 1.807) is 12.1 Å². The first-order valence-corrected chi connectivity index (χ1v) is 5.05. The van der Waals surface area contributed by atoms with Crippen molar-refractivity contribution in [2.75, 3.05) is 0 Å². The van der Waals surface area contributed by atoms with E-state index in [0.717, 1.165) is 0 Å². The molecule has 0 unspecified atom stereocenters. The van der Waals surface area contributed by atoms with Crippen LogP contribution in [0.3, 0.4) is 0 Å². The minimum absolute atomic E-state index is 0.0968. The standard InChI is InChI=1S/C12H12FNO2/c1-7(2)14-10(12(15)16)6-8-4-3-5-9(13)11(8)14/h3-7H,1-2H3,(H,15,16). The lowest BCUT2D eigenvalue weighted by molar-refractivity contribution is 0.0684. The molecule has 0 saturated heterocycles. The van der Waals surface area contributed by atoms with Crippen LogP contribution >= 0.6 is 0 Å². The van der Waals surface area contributed by atoms with Crippen molar-refractivity contribution < 1.29 is 14.3 Å². The van der Waals surface area contributed by atoms with Gasteiger partial charge in [0.1, 0.15) is 11.5 Å². The van der Waals surface area contributed by atoms with Gasteiger partial charge in [0.25, 0.3) is 0 Å². The van der Waals surface area contributed by atoms with Gasteiger partial charge in [0, 0.05) is 11.4 Å². The molecule has 2 aromatic rings. The van der Waals surface area contributed by atoms with Crippen LogP contribution in [0.25, 0.3) is 10.9 Å². The molecule has 84 valence electrons. The fourth-order valence-electron chi connectivity index (χ4n) is 1.94. The SMILES string of the molecule is CC(C)n1c(C(=O)O)cc2cccc(F)c21. The summed E-state index contributed by atoms with van der Waals surface area (Å²) >= 11 is 0. The van der Waals surface area contributed by atoms with Crippen molar-refractivity contribution in [1.29, 1.82) is 0 Å². The van der Waals surface area contributed by atoms with Crippen molar-refractivity contribution in [3.05, 3.63) is 35.8 Å². The lowest BCUT2D eigenvalue weighted by Crippen LogP contribution is -2.10. The number of fused-ring (bicyclic) bond motifs is 1. The monoisotopic (exact) mass is 221 g/mol. The molecule has 1 aromatic carbocycles. The number of nitrogens with zero attached hydrogens (tertiary/aromatic N) is 1. The van der Waals surface area contributed by atoms with E-state index in [1.165, 1.54) is 16.7 Å². The number of aromatic nitrogens is 1. The van der Waals surface area contributed by atoms with Crippen LogP contribution in [0.4, 0.5) is 4.39 Å². The highest BCUT2D eigenvalue weighted by atomic mass is 19.1. The second kappa shape index (κ2) is 3.63. The average Bonchev–Trinajstić information content (AvgIpc) is 2.58. The summed E-state index contributed by atoms with van der Waals surface area (Å²) in [6.07, 6.45) is 0. The Morgan fingerprint density at radius 1 is 1.44 bits per heavy atom. The molecule has 0 radical (unpaired) electrons. The van der Waals surface area contributed by atoms with Crippen LogP contribution in [0.1, 0.15) is 30.4 Å². The molecule has 0 spiro atoms. The molecule has 0 saturated carbocycles. The van der Waals surface area contributed by atoms with E-state index in [0.29, 0.717) is 10.9 Å². The van der Waals surface area contributed by atoms with Crippen molar-refractivity contribution in [3.63, 3.8) is 0 Å². The van der Waals surface area contributed by atoms with E-state index in [-0.39, 0.29) is 11.7 Å². The summed E-state index contributed by atoms with van der Waals surface area (Å²) in [6.45, 7) is 3.66. The lowest BCUT2D eigenvalue weighted by atomic mass is 10.2. The van der Waals surface area contributed by atoms with Gasteiger partial charge in [0.15, 0.2) is 0 Å². The van der Waals surface area contributed by atoms with Crippen molar-refractivity contribution in [3.8, 4) is 0 Å². The first-order chi connectivity index (χ1) is 7.52. The minimum atomic E-state index is -1.04. The normalized spacial score (nSPS) is 11.2. The third kappa shape index (κ3) is 1.46. The van der Waals surface area contributed by atoms with Crippen LogP contribution in [0.2, 0.25) is 0 Å². The number of aromatic carboxylic acids is 1. The molecule has 0 amide bonds. The Labute approximate surface area is 92.1 Å². The molecule has 2 rings (SSSR count). The molecule has 3 nitrogen and oxygen atoms in total. The van der Waals surface area contributed by atoms with Gasteiger partial charge in [0.2, 0.25) is 0 Å². The summed E-state index contributed by atoms with van der Waals surface area (Å²) in [5, 5.41) is 9.68. The highest BCUT2D eigenvalue weighted by Gasteiger charge is 2.18. The van der Waals surface area contributed by atoms with Crippen LogP contribution < -0.4 is 0 Å². The summed E-state index contributed by atoms with van der Waals surface area (Å²) in [6, 6.07) is 6.03. The van der Waals surface area contributed by atoms with Gasteiger partial charge in [-0.2, -0.15) is 0 Å². The zero-order valence-corrected chi connectivity index (χ0v) is 9.07. The molecular weight excluding hydrogens is 209 g/mol. The summed E-state index contributed by atoms with van der Waals surface area (Å²) < 4.78 is 15.2. The Balaban J connectivity index is 2.88. The molecule has 0 atom stereocenters. The predicted octanol–water partition coefficient (Wildman–Crippen LogP) is 3.06. The maximum atomic E-state index is 13.7. The molecule has 1 N–H and O–H groups in total. The first kappa shape index (κ1) is 10.7. The van der Waals surface area contributed by atoms with Gasteiger partial charge in [-0.15, -0.1) is 0 Å². The minimum Gasteiger partial charge on any atom is -0.477 e. The highest BCUT2D eigenvalue weighted by molar-refractivity contribution is 5.94. The fourth-order valence-corrected chi connectivity index (χ4v) is 1.94. The lowest BCUT2D eigenvalue weighted by Gasteiger charge is -2.12. The van der Waals surface area contributed by atoms with Gasteiger partial charge >= 0.3 is 5.97 Å². The Kier molecular flexibility index (Phi) is 2.42. The van der Waals surface area contributed by atoms with Crippen LogP contribution in [-0.4, -0.2) is 15.6 Å². The van der Waals surface area contributed by atoms with E-state index < -0.39 is 11.8 Å². The molecule has 0 fully saturated rings. The van der Waals surface area contributed by atoms with Crippen LogP contribution in [0.5, 0.6) is 0 Å². The zero-order chi connectivity index (χ0) is 11.9. The summed E-state index contributed by atoms with van der Waals surface area (Å²) in [4.78, 5) is 11.1. The number of para-hydroxylation sites is 1. The van der Waals surface area contributed by atoms with Crippen LogP contribution in [0.15, 0.2) is 24.3 Å².